The van der Waals surface area contributed by atoms with E-state index >= 15 is 0 Å². The largest absolute Gasteiger partial charge is 0.358 e. The van der Waals surface area contributed by atoms with Gasteiger partial charge in [0.2, 0.25) is 0 Å². The third-order valence-electron chi connectivity index (χ3n) is 3.44. The molecule has 0 aliphatic carbocycles. The minimum absolute atomic E-state index is 0.146. The topological polar surface area (TPSA) is 19.0 Å². The van der Waals surface area contributed by atoms with E-state index in [9.17, 15) is 4.39 Å². The maximum atomic E-state index is 13.2. The number of H-pyrrole nitrogens is 1. The van der Waals surface area contributed by atoms with E-state index in [-0.39, 0.29) is 5.82 Å². The van der Waals surface area contributed by atoms with Crippen molar-refractivity contribution >= 4 is 10.9 Å². The molecule has 1 aromatic heterocycles. The zero-order valence-corrected chi connectivity index (χ0v) is 9.39. The number of nitrogens with one attached hydrogen (secondary N) is 1. The Hall–Kier alpha value is -1.35. The van der Waals surface area contributed by atoms with Gasteiger partial charge >= 0.3 is 0 Å². The Morgan fingerprint density at radius 2 is 2.06 bits per heavy atom. The molecule has 0 atom stereocenters. The van der Waals surface area contributed by atoms with E-state index in [0.717, 1.165) is 36.8 Å². The van der Waals surface area contributed by atoms with Gasteiger partial charge in [-0.25, -0.2) is 4.39 Å². The number of hydrogen-bond acceptors (Lipinski definition) is 1. The van der Waals surface area contributed by atoms with Crippen LogP contribution in [-0.2, 0) is 12.8 Å². The molecule has 3 rings (SSSR count). The normalized spacial score (nSPS) is 17.4. The van der Waals surface area contributed by atoms with Gasteiger partial charge in [-0.15, -0.1) is 0 Å². The second-order valence-electron chi connectivity index (χ2n) is 4.58. The first kappa shape index (κ1) is 9.85. The van der Waals surface area contributed by atoms with E-state index in [2.05, 4.69) is 16.9 Å². The molecular weight excluding hydrogens is 203 g/mol. The predicted octanol–water partition coefficient (Wildman–Crippen LogP) is 2.34. The van der Waals surface area contributed by atoms with E-state index in [0.29, 0.717) is 0 Å². The van der Waals surface area contributed by atoms with Gasteiger partial charge in [-0.05, 0) is 37.2 Å². The van der Waals surface area contributed by atoms with Gasteiger partial charge in [-0.1, -0.05) is 0 Å². The van der Waals surface area contributed by atoms with Crippen molar-refractivity contribution in [3.63, 3.8) is 0 Å². The summed E-state index contributed by atoms with van der Waals surface area (Å²) in [4.78, 5) is 5.73. The highest BCUT2D eigenvalue weighted by molar-refractivity contribution is 5.84. The molecule has 16 heavy (non-hydrogen) atoms. The lowest BCUT2D eigenvalue weighted by atomic mass is 10.1. The van der Waals surface area contributed by atoms with Crippen molar-refractivity contribution in [2.45, 2.75) is 12.8 Å². The summed E-state index contributed by atoms with van der Waals surface area (Å²) in [6.07, 6.45) is 2.04. The molecular formula is C13H15FN2. The van der Waals surface area contributed by atoms with Crippen LogP contribution in [0.2, 0.25) is 0 Å². The molecule has 0 saturated heterocycles. The van der Waals surface area contributed by atoms with E-state index in [1.807, 2.05) is 6.07 Å². The van der Waals surface area contributed by atoms with Crippen molar-refractivity contribution in [2.75, 3.05) is 20.1 Å². The number of likely N-dealkylation sites (N-methyl/N-ethyl adjacent to an activating group) is 1. The monoisotopic (exact) mass is 218 g/mol. The van der Waals surface area contributed by atoms with Crippen LogP contribution in [0.15, 0.2) is 18.2 Å². The first-order chi connectivity index (χ1) is 7.74. The minimum atomic E-state index is -0.146. The van der Waals surface area contributed by atoms with Gasteiger partial charge in [0.25, 0.3) is 0 Å². The lowest BCUT2D eigenvalue weighted by Crippen LogP contribution is -2.21. The molecule has 1 aromatic carbocycles. The van der Waals surface area contributed by atoms with Crippen molar-refractivity contribution in [3.8, 4) is 0 Å². The lowest BCUT2D eigenvalue weighted by molar-refractivity contribution is 0.352. The fourth-order valence-corrected chi connectivity index (χ4v) is 2.49. The number of nitrogens with zero attached hydrogens (tertiary/aromatic N) is 1. The van der Waals surface area contributed by atoms with Gasteiger partial charge in [-0.2, -0.15) is 0 Å². The second-order valence-corrected chi connectivity index (χ2v) is 4.58. The summed E-state index contributed by atoms with van der Waals surface area (Å²) in [6, 6.07) is 5.00. The van der Waals surface area contributed by atoms with E-state index in [1.165, 1.54) is 17.3 Å². The maximum Gasteiger partial charge on any atom is 0.123 e. The quantitative estimate of drug-likeness (QED) is 0.719. The molecule has 0 saturated carbocycles. The Labute approximate surface area is 94.1 Å². The van der Waals surface area contributed by atoms with Gasteiger partial charge in [-0.3, -0.25) is 0 Å². The molecule has 1 aliphatic heterocycles. The Bertz CT molecular complexity index is 530. The van der Waals surface area contributed by atoms with Gasteiger partial charge < -0.3 is 9.88 Å². The van der Waals surface area contributed by atoms with Crippen molar-refractivity contribution < 1.29 is 4.39 Å². The summed E-state index contributed by atoms with van der Waals surface area (Å²) in [6.45, 7) is 2.12. The van der Waals surface area contributed by atoms with Crippen LogP contribution in [-0.4, -0.2) is 30.0 Å². The summed E-state index contributed by atoms with van der Waals surface area (Å²) in [5, 5.41) is 1.06. The van der Waals surface area contributed by atoms with Gasteiger partial charge in [0.1, 0.15) is 5.82 Å². The molecule has 0 amide bonds. The van der Waals surface area contributed by atoms with Crippen LogP contribution in [0.4, 0.5) is 4.39 Å². The fourth-order valence-electron chi connectivity index (χ4n) is 2.49. The molecule has 0 radical (unpaired) electrons. The molecule has 0 bridgehead atoms. The van der Waals surface area contributed by atoms with Crippen LogP contribution in [0.5, 0.6) is 0 Å². The van der Waals surface area contributed by atoms with Crippen molar-refractivity contribution in [3.05, 3.63) is 35.3 Å². The molecule has 3 heteroatoms. The predicted molar refractivity (Wildman–Crippen MR) is 63.2 cm³/mol. The van der Waals surface area contributed by atoms with Crippen LogP contribution in [0.1, 0.15) is 11.3 Å². The van der Waals surface area contributed by atoms with Crippen molar-refractivity contribution in [1.82, 2.24) is 9.88 Å². The van der Waals surface area contributed by atoms with E-state index < -0.39 is 0 Å². The first-order valence-corrected chi connectivity index (χ1v) is 5.71. The molecule has 1 aliphatic rings. The number of rotatable bonds is 0. The lowest BCUT2D eigenvalue weighted by Gasteiger charge is -2.11. The van der Waals surface area contributed by atoms with E-state index in [4.69, 9.17) is 0 Å². The van der Waals surface area contributed by atoms with Crippen LogP contribution in [0.3, 0.4) is 0 Å². The van der Waals surface area contributed by atoms with Crippen LogP contribution >= 0.6 is 0 Å². The van der Waals surface area contributed by atoms with Crippen molar-refractivity contribution in [1.29, 1.82) is 0 Å². The molecule has 2 heterocycles. The van der Waals surface area contributed by atoms with Gasteiger partial charge in [0.15, 0.2) is 0 Å². The fraction of sp³-hybridized carbons (Fsp3) is 0.385. The van der Waals surface area contributed by atoms with Crippen LogP contribution in [0, 0.1) is 5.82 Å². The van der Waals surface area contributed by atoms with Crippen LogP contribution in [0.25, 0.3) is 10.9 Å². The Balaban J connectivity index is 2.16. The average molecular weight is 218 g/mol. The highest BCUT2D eigenvalue weighted by Crippen LogP contribution is 2.26. The Morgan fingerprint density at radius 1 is 1.25 bits per heavy atom. The Morgan fingerprint density at radius 3 is 2.94 bits per heavy atom. The molecule has 0 unspecified atom stereocenters. The van der Waals surface area contributed by atoms with E-state index in [1.54, 1.807) is 6.07 Å². The minimum Gasteiger partial charge on any atom is -0.358 e. The Kier molecular flexibility index (Phi) is 2.21. The average Bonchev–Trinajstić information content (AvgIpc) is 2.50. The molecule has 2 aromatic rings. The molecule has 1 N–H and O–H groups in total. The zero-order valence-electron chi connectivity index (χ0n) is 9.39. The number of benzene rings is 1. The summed E-state index contributed by atoms with van der Waals surface area (Å²) < 4.78 is 13.2. The standard InChI is InChI=1S/C13H15FN2/c1-16-6-4-10-11-8-9(14)2-3-12(11)15-13(10)5-7-16/h2-3,8,15H,4-7H2,1H3. The third-order valence-corrected chi connectivity index (χ3v) is 3.44. The highest BCUT2D eigenvalue weighted by Gasteiger charge is 2.16. The number of hydrogen-bond donors (Lipinski definition) is 1. The summed E-state index contributed by atoms with van der Waals surface area (Å²) >= 11 is 0. The summed E-state index contributed by atoms with van der Waals surface area (Å²) in [5.74, 6) is -0.146. The zero-order chi connectivity index (χ0) is 11.1. The number of fused-ring (bicyclic) bond motifs is 3. The SMILES string of the molecule is CN1CCc2[nH]c3ccc(F)cc3c2CC1. The van der Waals surface area contributed by atoms with Crippen LogP contribution < -0.4 is 0 Å². The van der Waals surface area contributed by atoms with Gasteiger partial charge in [0, 0.05) is 36.1 Å². The molecule has 0 fully saturated rings. The number of aromatic amines is 1. The van der Waals surface area contributed by atoms with Crippen molar-refractivity contribution in [2.24, 2.45) is 0 Å². The number of aromatic nitrogens is 1. The maximum absolute atomic E-state index is 13.2. The smallest absolute Gasteiger partial charge is 0.123 e. The molecule has 0 spiro atoms. The molecule has 84 valence electrons. The summed E-state index contributed by atoms with van der Waals surface area (Å²) in [7, 11) is 2.13. The second kappa shape index (κ2) is 3.59. The van der Waals surface area contributed by atoms with Gasteiger partial charge in [0.05, 0.1) is 0 Å². The summed E-state index contributed by atoms with van der Waals surface area (Å²) in [5.41, 5.74) is 3.65. The third kappa shape index (κ3) is 1.52. The highest BCUT2D eigenvalue weighted by atomic mass is 19.1. The number of halogens is 1. The molecule has 2 nitrogen and oxygen atoms in total. The first-order valence-electron chi connectivity index (χ1n) is 5.71.